The minimum atomic E-state index is -3.46. The van der Waals surface area contributed by atoms with E-state index in [9.17, 15) is 8.42 Å². The second-order valence-electron chi connectivity index (χ2n) is 4.50. The SMILES string of the molecule is CCNS(=O)(=O)c1ccccc1NCCc1ccccn1. The van der Waals surface area contributed by atoms with Crippen molar-refractivity contribution in [3.63, 3.8) is 0 Å². The lowest BCUT2D eigenvalue weighted by molar-refractivity contribution is 0.584. The maximum atomic E-state index is 12.1. The summed E-state index contributed by atoms with van der Waals surface area (Å²) in [5.41, 5.74) is 1.58. The molecular weight excluding hydrogens is 286 g/mol. The molecule has 21 heavy (non-hydrogen) atoms. The first-order valence-electron chi connectivity index (χ1n) is 6.86. The topological polar surface area (TPSA) is 71.1 Å². The monoisotopic (exact) mass is 305 g/mol. The van der Waals surface area contributed by atoms with Crippen molar-refractivity contribution in [1.82, 2.24) is 9.71 Å². The molecule has 1 aromatic heterocycles. The zero-order valence-electron chi connectivity index (χ0n) is 11.9. The fourth-order valence-electron chi connectivity index (χ4n) is 1.99. The van der Waals surface area contributed by atoms with E-state index < -0.39 is 10.0 Å². The van der Waals surface area contributed by atoms with Crippen LogP contribution in [0.15, 0.2) is 53.6 Å². The number of hydrogen-bond donors (Lipinski definition) is 2. The van der Waals surface area contributed by atoms with Crippen LogP contribution in [0.5, 0.6) is 0 Å². The number of sulfonamides is 1. The summed E-state index contributed by atoms with van der Waals surface area (Å²) >= 11 is 0. The summed E-state index contributed by atoms with van der Waals surface area (Å²) in [6, 6.07) is 12.6. The molecule has 0 amide bonds. The Labute approximate surface area is 125 Å². The number of nitrogens with one attached hydrogen (secondary N) is 2. The summed E-state index contributed by atoms with van der Waals surface area (Å²) in [5, 5.41) is 3.17. The van der Waals surface area contributed by atoms with E-state index in [1.165, 1.54) is 0 Å². The zero-order chi connectivity index (χ0) is 15.1. The van der Waals surface area contributed by atoms with Gasteiger partial charge < -0.3 is 5.32 Å². The Kier molecular flexibility index (Phi) is 5.30. The summed E-state index contributed by atoms with van der Waals surface area (Å²) in [6.07, 6.45) is 2.48. The minimum absolute atomic E-state index is 0.271. The molecule has 0 aliphatic carbocycles. The summed E-state index contributed by atoms with van der Waals surface area (Å²) < 4.78 is 26.8. The minimum Gasteiger partial charge on any atom is -0.384 e. The molecule has 0 fully saturated rings. The average molecular weight is 305 g/mol. The lowest BCUT2D eigenvalue weighted by Crippen LogP contribution is -2.24. The van der Waals surface area contributed by atoms with Gasteiger partial charge in [-0.1, -0.05) is 25.1 Å². The van der Waals surface area contributed by atoms with Gasteiger partial charge in [0.2, 0.25) is 10.0 Å². The number of nitrogens with zero attached hydrogens (tertiary/aromatic N) is 1. The molecule has 2 N–H and O–H groups in total. The van der Waals surface area contributed by atoms with Gasteiger partial charge in [0.1, 0.15) is 4.90 Å². The molecule has 0 atom stereocenters. The first kappa shape index (κ1) is 15.5. The van der Waals surface area contributed by atoms with Crippen LogP contribution in [0.1, 0.15) is 12.6 Å². The van der Waals surface area contributed by atoms with Gasteiger partial charge in [0.15, 0.2) is 0 Å². The van der Waals surface area contributed by atoms with E-state index in [0.29, 0.717) is 18.8 Å². The summed E-state index contributed by atoms with van der Waals surface area (Å²) in [7, 11) is -3.46. The predicted octanol–water partition coefficient (Wildman–Crippen LogP) is 2.03. The normalized spacial score (nSPS) is 11.3. The summed E-state index contributed by atoms with van der Waals surface area (Å²) in [5.74, 6) is 0. The van der Waals surface area contributed by atoms with Crippen molar-refractivity contribution in [3.8, 4) is 0 Å². The van der Waals surface area contributed by atoms with Crippen molar-refractivity contribution >= 4 is 15.7 Å². The second kappa shape index (κ2) is 7.19. The van der Waals surface area contributed by atoms with Crippen molar-refractivity contribution in [1.29, 1.82) is 0 Å². The predicted molar refractivity (Wildman–Crippen MR) is 83.7 cm³/mol. The molecule has 0 aliphatic rings. The van der Waals surface area contributed by atoms with Gasteiger partial charge in [-0.2, -0.15) is 0 Å². The van der Waals surface area contributed by atoms with E-state index in [1.54, 1.807) is 31.3 Å². The van der Waals surface area contributed by atoms with Crippen LogP contribution in [0.4, 0.5) is 5.69 Å². The number of benzene rings is 1. The Morgan fingerprint density at radius 1 is 1.10 bits per heavy atom. The van der Waals surface area contributed by atoms with Crippen molar-refractivity contribution in [2.24, 2.45) is 0 Å². The largest absolute Gasteiger partial charge is 0.384 e. The Balaban J connectivity index is 2.07. The fraction of sp³-hybridized carbons (Fsp3) is 0.267. The molecule has 0 bridgehead atoms. The van der Waals surface area contributed by atoms with Crippen LogP contribution in [-0.2, 0) is 16.4 Å². The summed E-state index contributed by atoms with van der Waals surface area (Å²) in [6.45, 7) is 2.74. The summed E-state index contributed by atoms with van der Waals surface area (Å²) in [4.78, 5) is 4.51. The average Bonchev–Trinajstić information content (AvgIpc) is 2.49. The number of aromatic nitrogens is 1. The molecule has 1 aromatic carbocycles. The molecule has 1 heterocycles. The van der Waals surface area contributed by atoms with E-state index >= 15 is 0 Å². The van der Waals surface area contributed by atoms with E-state index in [0.717, 1.165) is 12.1 Å². The lowest BCUT2D eigenvalue weighted by Gasteiger charge is -2.12. The second-order valence-corrected chi connectivity index (χ2v) is 6.23. The number of para-hydroxylation sites is 1. The number of hydrogen-bond acceptors (Lipinski definition) is 4. The van der Waals surface area contributed by atoms with Gasteiger partial charge in [-0.3, -0.25) is 4.98 Å². The molecular formula is C15H19N3O2S. The number of rotatable bonds is 7. The third-order valence-corrected chi connectivity index (χ3v) is 4.54. The standard InChI is InChI=1S/C15H19N3O2S/c1-2-18-21(19,20)15-9-4-3-8-14(15)17-12-10-13-7-5-6-11-16-13/h3-9,11,17-18H,2,10,12H2,1H3. The van der Waals surface area contributed by atoms with Crippen molar-refractivity contribution in [2.45, 2.75) is 18.2 Å². The Morgan fingerprint density at radius 3 is 2.57 bits per heavy atom. The molecule has 5 nitrogen and oxygen atoms in total. The molecule has 0 aliphatic heterocycles. The van der Waals surface area contributed by atoms with Gasteiger partial charge in [0, 0.05) is 31.4 Å². The van der Waals surface area contributed by atoms with Crippen molar-refractivity contribution in [2.75, 3.05) is 18.4 Å². The molecule has 0 saturated carbocycles. The Bertz CT molecular complexity index is 672. The molecule has 0 radical (unpaired) electrons. The van der Waals surface area contributed by atoms with Crippen LogP contribution in [0, 0.1) is 0 Å². The maximum absolute atomic E-state index is 12.1. The maximum Gasteiger partial charge on any atom is 0.242 e. The molecule has 0 unspecified atom stereocenters. The molecule has 6 heteroatoms. The highest BCUT2D eigenvalue weighted by Gasteiger charge is 2.16. The highest BCUT2D eigenvalue weighted by Crippen LogP contribution is 2.20. The first-order chi connectivity index (χ1) is 10.1. The first-order valence-corrected chi connectivity index (χ1v) is 8.34. The van der Waals surface area contributed by atoms with Crippen LogP contribution >= 0.6 is 0 Å². The Morgan fingerprint density at radius 2 is 1.86 bits per heavy atom. The van der Waals surface area contributed by atoms with Crippen LogP contribution in [0.2, 0.25) is 0 Å². The zero-order valence-corrected chi connectivity index (χ0v) is 12.7. The van der Waals surface area contributed by atoms with Gasteiger partial charge >= 0.3 is 0 Å². The molecule has 2 rings (SSSR count). The molecule has 2 aromatic rings. The smallest absolute Gasteiger partial charge is 0.242 e. The molecule has 0 spiro atoms. The molecule has 112 valence electrons. The highest BCUT2D eigenvalue weighted by molar-refractivity contribution is 7.89. The van der Waals surface area contributed by atoms with E-state index in [-0.39, 0.29) is 4.90 Å². The number of anilines is 1. The Hall–Kier alpha value is -1.92. The van der Waals surface area contributed by atoms with Crippen LogP contribution in [-0.4, -0.2) is 26.5 Å². The van der Waals surface area contributed by atoms with Gasteiger partial charge in [-0.15, -0.1) is 0 Å². The van der Waals surface area contributed by atoms with E-state index in [2.05, 4.69) is 15.0 Å². The quantitative estimate of drug-likeness (QED) is 0.821. The number of pyridine rings is 1. The van der Waals surface area contributed by atoms with E-state index in [4.69, 9.17) is 0 Å². The van der Waals surface area contributed by atoms with E-state index in [1.807, 2.05) is 24.3 Å². The molecule has 0 saturated heterocycles. The van der Waals surface area contributed by atoms with Gasteiger partial charge in [0.05, 0.1) is 5.69 Å². The fourth-order valence-corrected chi connectivity index (χ4v) is 3.21. The van der Waals surface area contributed by atoms with Crippen LogP contribution in [0.25, 0.3) is 0 Å². The van der Waals surface area contributed by atoms with Gasteiger partial charge in [0.25, 0.3) is 0 Å². The lowest BCUT2D eigenvalue weighted by atomic mass is 10.2. The third kappa shape index (κ3) is 4.27. The third-order valence-electron chi connectivity index (χ3n) is 2.93. The highest BCUT2D eigenvalue weighted by atomic mass is 32.2. The van der Waals surface area contributed by atoms with Crippen molar-refractivity contribution < 1.29 is 8.42 Å². The van der Waals surface area contributed by atoms with Gasteiger partial charge in [-0.05, 0) is 24.3 Å². The van der Waals surface area contributed by atoms with Gasteiger partial charge in [-0.25, -0.2) is 13.1 Å². The van der Waals surface area contributed by atoms with Crippen LogP contribution < -0.4 is 10.0 Å². The van der Waals surface area contributed by atoms with Crippen LogP contribution in [0.3, 0.4) is 0 Å². The van der Waals surface area contributed by atoms with Crippen molar-refractivity contribution in [3.05, 3.63) is 54.4 Å².